The summed E-state index contributed by atoms with van der Waals surface area (Å²) in [6.07, 6.45) is 0. The van der Waals surface area contributed by atoms with Crippen LogP contribution < -0.4 is 9.47 Å². The highest BCUT2D eigenvalue weighted by atomic mass is 35.5. The van der Waals surface area contributed by atoms with Gasteiger partial charge in [-0.2, -0.15) is 0 Å². The van der Waals surface area contributed by atoms with E-state index >= 15 is 0 Å². The topological polar surface area (TPSA) is 61.6 Å². The fourth-order valence-electron chi connectivity index (χ4n) is 1.62. The van der Waals surface area contributed by atoms with E-state index in [1.165, 1.54) is 31.4 Å². The molecule has 0 amide bonds. The van der Waals surface area contributed by atoms with Gasteiger partial charge in [0.15, 0.2) is 11.6 Å². The number of nitro groups is 1. The zero-order valence-corrected chi connectivity index (χ0v) is 12.1. The molecule has 0 atom stereocenters. The van der Waals surface area contributed by atoms with Crippen LogP contribution in [0.25, 0.3) is 0 Å². The van der Waals surface area contributed by atoms with Crippen LogP contribution in [0.2, 0.25) is 10.0 Å². The monoisotopic (exact) mass is 331 g/mol. The van der Waals surface area contributed by atoms with Crippen molar-refractivity contribution in [3.63, 3.8) is 0 Å². The highest BCUT2D eigenvalue weighted by Gasteiger charge is 2.17. The first-order valence-corrected chi connectivity index (χ1v) is 6.32. The minimum Gasteiger partial charge on any atom is -0.490 e. The molecule has 110 valence electrons. The Morgan fingerprint density at radius 3 is 2.52 bits per heavy atom. The fourth-order valence-corrected chi connectivity index (χ4v) is 2.12. The third-order valence-corrected chi connectivity index (χ3v) is 3.03. The summed E-state index contributed by atoms with van der Waals surface area (Å²) in [6.45, 7) is 0. The van der Waals surface area contributed by atoms with E-state index in [2.05, 4.69) is 0 Å². The van der Waals surface area contributed by atoms with Gasteiger partial charge < -0.3 is 9.47 Å². The van der Waals surface area contributed by atoms with Gasteiger partial charge in [-0.1, -0.05) is 23.2 Å². The molecule has 2 rings (SSSR count). The summed E-state index contributed by atoms with van der Waals surface area (Å²) in [7, 11) is 1.28. The van der Waals surface area contributed by atoms with Crippen LogP contribution in [0.1, 0.15) is 0 Å². The third-order valence-electron chi connectivity index (χ3n) is 2.53. The van der Waals surface area contributed by atoms with Gasteiger partial charge in [0.05, 0.1) is 17.1 Å². The van der Waals surface area contributed by atoms with Gasteiger partial charge in [0, 0.05) is 17.2 Å². The summed E-state index contributed by atoms with van der Waals surface area (Å²) in [5.41, 5.74) is -0.229. The molecule has 0 heterocycles. The van der Waals surface area contributed by atoms with Gasteiger partial charge in [0.2, 0.25) is 5.75 Å². The molecule has 2 aromatic rings. The van der Waals surface area contributed by atoms with Crippen molar-refractivity contribution in [1.82, 2.24) is 0 Å². The summed E-state index contributed by atoms with van der Waals surface area (Å²) in [5.74, 6) is -0.842. The molecule has 0 saturated heterocycles. The Balaban J connectivity index is 2.39. The second-order valence-corrected chi connectivity index (χ2v) is 4.74. The van der Waals surface area contributed by atoms with Crippen LogP contribution in [-0.4, -0.2) is 12.0 Å². The van der Waals surface area contributed by atoms with Crippen molar-refractivity contribution >= 4 is 28.9 Å². The number of hydrogen-bond donors (Lipinski definition) is 0. The van der Waals surface area contributed by atoms with Gasteiger partial charge >= 0.3 is 5.69 Å². The molecule has 0 aromatic heterocycles. The Morgan fingerprint density at radius 1 is 1.24 bits per heavy atom. The van der Waals surface area contributed by atoms with Crippen molar-refractivity contribution in [1.29, 1.82) is 0 Å². The molecule has 5 nitrogen and oxygen atoms in total. The van der Waals surface area contributed by atoms with E-state index in [0.29, 0.717) is 0 Å². The summed E-state index contributed by atoms with van der Waals surface area (Å²) in [6, 6.07) is 6.14. The molecule has 0 fully saturated rings. The van der Waals surface area contributed by atoms with Crippen molar-refractivity contribution < 1.29 is 18.8 Å². The highest BCUT2D eigenvalue weighted by Crippen LogP contribution is 2.37. The SMILES string of the molecule is COc1cc(Oc2c(F)cc(Cl)cc2Cl)ccc1[N+](=O)[O-]. The lowest BCUT2D eigenvalue weighted by Crippen LogP contribution is -1.95. The molecule has 0 saturated carbocycles. The zero-order valence-electron chi connectivity index (χ0n) is 10.6. The lowest BCUT2D eigenvalue weighted by atomic mass is 10.2. The largest absolute Gasteiger partial charge is 0.490 e. The van der Waals surface area contributed by atoms with Crippen molar-refractivity contribution in [3.05, 3.63) is 56.3 Å². The summed E-state index contributed by atoms with van der Waals surface area (Å²) >= 11 is 11.5. The van der Waals surface area contributed by atoms with Crippen LogP contribution in [0.15, 0.2) is 30.3 Å². The van der Waals surface area contributed by atoms with Crippen molar-refractivity contribution in [2.24, 2.45) is 0 Å². The smallest absolute Gasteiger partial charge is 0.311 e. The van der Waals surface area contributed by atoms with E-state index in [0.717, 1.165) is 6.07 Å². The maximum Gasteiger partial charge on any atom is 0.311 e. The summed E-state index contributed by atoms with van der Waals surface area (Å²) < 4.78 is 24.0. The van der Waals surface area contributed by atoms with Gasteiger partial charge in [-0.25, -0.2) is 4.39 Å². The number of methoxy groups -OCH3 is 1. The van der Waals surface area contributed by atoms with E-state index < -0.39 is 10.7 Å². The van der Waals surface area contributed by atoms with E-state index in [9.17, 15) is 14.5 Å². The quantitative estimate of drug-likeness (QED) is 0.594. The van der Waals surface area contributed by atoms with Crippen LogP contribution >= 0.6 is 23.2 Å². The molecule has 0 aliphatic carbocycles. The number of rotatable bonds is 4. The van der Waals surface area contributed by atoms with Gasteiger partial charge in [-0.3, -0.25) is 10.1 Å². The molecule has 0 bridgehead atoms. The van der Waals surface area contributed by atoms with E-state index in [1.807, 2.05) is 0 Å². The molecular weight excluding hydrogens is 324 g/mol. The maximum atomic E-state index is 13.8. The van der Waals surface area contributed by atoms with Gasteiger partial charge in [0.25, 0.3) is 0 Å². The Bertz CT molecular complexity index is 686. The minimum atomic E-state index is -0.746. The van der Waals surface area contributed by atoms with Crippen LogP contribution in [0.4, 0.5) is 10.1 Å². The molecular formula is C13H8Cl2FNO4. The first-order chi connectivity index (χ1) is 9.92. The first kappa shape index (κ1) is 15.3. The van der Waals surface area contributed by atoms with Gasteiger partial charge in [-0.05, 0) is 18.2 Å². The number of nitrogens with zero attached hydrogens (tertiary/aromatic N) is 1. The standard InChI is InChI=1S/C13H8Cl2FNO4/c1-20-12-6-8(2-3-11(12)17(18)19)21-13-9(15)4-7(14)5-10(13)16/h2-6H,1H3. The van der Waals surface area contributed by atoms with Crippen molar-refractivity contribution in [2.75, 3.05) is 7.11 Å². The molecule has 0 aliphatic heterocycles. The predicted molar refractivity (Wildman–Crippen MR) is 76.1 cm³/mol. The average molecular weight is 332 g/mol. The molecule has 0 aliphatic rings. The second kappa shape index (κ2) is 6.15. The van der Waals surface area contributed by atoms with Crippen LogP contribution in [0.3, 0.4) is 0 Å². The summed E-state index contributed by atoms with van der Waals surface area (Å²) in [4.78, 5) is 10.2. The molecule has 8 heteroatoms. The second-order valence-electron chi connectivity index (χ2n) is 3.89. The van der Waals surface area contributed by atoms with Crippen molar-refractivity contribution in [2.45, 2.75) is 0 Å². The fraction of sp³-hybridized carbons (Fsp3) is 0.0769. The molecule has 0 N–H and O–H groups in total. The number of ether oxygens (including phenoxy) is 2. The van der Waals surface area contributed by atoms with E-state index in [-0.39, 0.29) is 33.0 Å². The summed E-state index contributed by atoms with van der Waals surface area (Å²) in [5, 5.41) is 10.9. The maximum absolute atomic E-state index is 13.8. The number of hydrogen-bond acceptors (Lipinski definition) is 4. The molecule has 0 radical (unpaired) electrons. The number of benzene rings is 2. The lowest BCUT2D eigenvalue weighted by molar-refractivity contribution is -0.385. The molecule has 0 unspecified atom stereocenters. The highest BCUT2D eigenvalue weighted by molar-refractivity contribution is 6.35. The Hall–Kier alpha value is -2.05. The Labute approximate surface area is 129 Å². The van der Waals surface area contributed by atoms with Gasteiger partial charge in [-0.15, -0.1) is 0 Å². The molecule has 21 heavy (non-hydrogen) atoms. The van der Waals surface area contributed by atoms with E-state index in [4.69, 9.17) is 32.7 Å². The minimum absolute atomic E-state index is 0.0111. The van der Waals surface area contributed by atoms with Crippen LogP contribution in [0, 0.1) is 15.9 Å². The molecule has 0 spiro atoms. The normalized spacial score (nSPS) is 10.3. The van der Waals surface area contributed by atoms with Crippen LogP contribution in [0.5, 0.6) is 17.2 Å². The third kappa shape index (κ3) is 3.34. The van der Waals surface area contributed by atoms with Crippen molar-refractivity contribution in [3.8, 4) is 17.2 Å². The zero-order chi connectivity index (χ0) is 15.6. The van der Waals surface area contributed by atoms with Crippen LogP contribution in [-0.2, 0) is 0 Å². The number of nitro benzene ring substituents is 1. The average Bonchev–Trinajstić information content (AvgIpc) is 2.42. The number of halogens is 3. The lowest BCUT2D eigenvalue weighted by Gasteiger charge is -2.10. The van der Waals surface area contributed by atoms with Gasteiger partial charge in [0.1, 0.15) is 5.75 Å². The Kier molecular flexibility index (Phi) is 4.50. The first-order valence-electron chi connectivity index (χ1n) is 5.57. The Morgan fingerprint density at radius 2 is 1.95 bits per heavy atom. The van der Waals surface area contributed by atoms with E-state index in [1.54, 1.807) is 0 Å². The molecule has 2 aromatic carbocycles. The predicted octanol–water partition coefficient (Wildman–Crippen LogP) is 4.84.